The molecule has 0 spiro atoms. The number of carbonyl (C=O) groups is 1. The summed E-state index contributed by atoms with van der Waals surface area (Å²) < 4.78 is 0. The summed E-state index contributed by atoms with van der Waals surface area (Å²) in [6, 6.07) is -0.0101. The van der Waals surface area contributed by atoms with Gasteiger partial charge in [-0.2, -0.15) is 0 Å². The molecule has 0 bridgehead atoms. The first-order chi connectivity index (χ1) is 7.25. The first-order valence-electron chi connectivity index (χ1n) is 5.24. The standard InChI is InChI=1S/C10H15N3OS/c1-8-7-15-9(11-8)12-10(14)13-5-3-2-4-6-13/h7H,2-6H2,1H3,(H,11,12,14). The summed E-state index contributed by atoms with van der Waals surface area (Å²) in [5.74, 6) is 0. The van der Waals surface area contributed by atoms with Crippen LogP contribution in [0.25, 0.3) is 0 Å². The second-order valence-corrected chi connectivity index (χ2v) is 4.63. The Morgan fingerprint density at radius 3 is 2.80 bits per heavy atom. The van der Waals surface area contributed by atoms with Crippen LogP contribution >= 0.6 is 11.3 Å². The third-order valence-corrected chi connectivity index (χ3v) is 3.35. The van der Waals surface area contributed by atoms with Crippen LogP contribution in [-0.2, 0) is 0 Å². The maximum atomic E-state index is 11.8. The number of carbonyl (C=O) groups excluding carboxylic acids is 1. The van der Waals surface area contributed by atoms with Gasteiger partial charge in [-0.1, -0.05) is 0 Å². The van der Waals surface area contributed by atoms with Crippen molar-refractivity contribution in [2.75, 3.05) is 18.4 Å². The lowest BCUT2D eigenvalue weighted by atomic mass is 10.1. The van der Waals surface area contributed by atoms with Crippen molar-refractivity contribution in [1.29, 1.82) is 0 Å². The third-order valence-electron chi connectivity index (χ3n) is 2.48. The summed E-state index contributed by atoms with van der Waals surface area (Å²) in [5, 5.41) is 5.46. The number of urea groups is 1. The molecule has 0 aromatic carbocycles. The van der Waals surface area contributed by atoms with Crippen molar-refractivity contribution in [3.8, 4) is 0 Å². The van der Waals surface area contributed by atoms with Gasteiger partial charge in [-0.3, -0.25) is 5.32 Å². The van der Waals surface area contributed by atoms with E-state index >= 15 is 0 Å². The van der Waals surface area contributed by atoms with E-state index in [0.29, 0.717) is 5.13 Å². The Bertz CT molecular complexity index is 344. The van der Waals surface area contributed by atoms with Crippen molar-refractivity contribution >= 4 is 22.5 Å². The molecule has 1 N–H and O–H groups in total. The van der Waals surface area contributed by atoms with Crippen molar-refractivity contribution in [2.24, 2.45) is 0 Å². The van der Waals surface area contributed by atoms with Gasteiger partial charge in [0.25, 0.3) is 0 Å². The zero-order valence-corrected chi connectivity index (χ0v) is 9.64. The van der Waals surface area contributed by atoms with Gasteiger partial charge in [-0.25, -0.2) is 9.78 Å². The van der Waals surface area contributed by atoms with Crippen LogP contribution in [0.4, 0.5) is 9.93 Å². The Kier molecular flexibility index (Phi) is 3.20. The summed E-state index contributed by atoms with van der Waals surface area (Å²) in [7, 11) is 0. The third kappa shape index (κ3) is 2.68. The zero-order chi connectivity index (χ0) is 10.7. The number of rotatable bonds is 1. The Morgan fingerprint density at radius 1 is 1.47 bits per heavy atom. The van der Waals surface area contributed by atoms with Crippen LogP contribution in [0.15, 0.2) is 5.38 Å². The quantitative estimate of drug-likeness (QED) is 0.798. The highest BCUT2D eigenvalue weighted by atomic mass is 32.1. The summed E-state index contributed by atoms with van der Waals surface area (Å²) >= 11 is 1.47. The molecule has 0 unspecified atom stereocenters. The van der Waals surface area contributed by atoms with E-state index in [9.17, 15) is 4.79 Å². The summed E-state index contributed by atoms with van der Waals surface area (Å²) in [4.78, 5) is 17.8. The lowest BCUT2D eigenvalue weighted by Gasteiger charge is -2.26. The van der Waals surface area contributed by atoms with Crippen LogP contribution in [0, 0.1) is 6.92 Å². The molecule has 0 atom stereocenters. The van der Waals surface area contributed by atoms with Gasteiger partial charge in [0.05, 0.1) is 5.69 Å². The predicted octanol–water partition coefficient (Wildman–Crippen LogP) is 2.47. The molecule has 0 saturated carbocycles. The molecule has 1 aliphatic rings. The second-order valence-electron chi connectivity index (χ2n) is 3.77. The van der Waals surface area contributed by atoms with Gasteiger partial charge in [0, 0.05) is 18.5 Å². The zero-order valence-electron chi connectivity index (χ0n) is 8.82. The summed E-state index contributed by atoms with van der Waals surface area (Å²) in [6.45, 7) is 3.67. The highest BCUT2D eigenvalue weighted by molar-refractivity contribution is 7.13. The number of piperidine rings is 1. The van der Waals surface area contributed by atoms with Crippen LogP contribution < -0.4 is 5.32 Å². The Morgan fingerprint density at radius 2 is 2.20 bits per heavy atom. The van der Waals surface area contributed by atoms with Gasteiger partial charge in [0.1, 0.15) is 0 Å². The average Bonchev–Trinajstić information content (AvgIpc) is 2.65. The van der Waals surface area contributed by atoms with E-state index in [1.807, 2.05) is 17.2 Å². The topological polar surface area (TPSA) is 45.2 Å². The predicted molar refractivity (Wildman–Crippen MR) is 61.3 cm³/mol. The molecule has 0 radical (unpaired) electrons. The number of likely N-dealkylation sites (tertiary alicyclic amines) is 1. The van der Waals surface area contributed by atoms with E-state index in [0.717, 1.165) is 31.6 Å². The number of amides is 2. The largest absolute Gasteiger partial charge is 0.324 e. The smallest absolute Gasteiger partial charge is 0.323 e. The number of thiazole rings is 1. The van der Waals surface area contributed by atoms with Crippen molar-refractivity contribution in [2.45, 2.75) is 26.2 Å². The van der Waals surface area contributed by atoms with E-state index in [1.165, 1.54) is 17.8 Å². The maximum Gasteiger partial charge on any atom is 0.323 e. The fraction of sp³-hybridized carbons (Fsp3) is 0.600. The Balaban J connectivity index is 1.91. The molecule has 1 aliphatic heterocycles. The monoisotopic (exact) mass is 225 g/mol. The molecule has 2 heterocycles. The number of aryl methyl sites for hydroxylation is 1. The SMILES string of the molecule is Cc1csc(NC(=O)N2CCCCC2)n1. The lowest BCUT2D eigenvalue weighted by molar-refractivity contribution is 0.200. The van der Waals surface area contributed by atoms with Gasteiger partial charge in [-0.15, -0.1) is 11.3 Å². The maximum absolute atomic E-state index is 11.8. The second kappa shape index (κ2) is 4.61. The number of aromatic nitrogens is 1. The lowest BCUT2D eigenvalue weighted by Crippen LogP contribution is -2.38. The van der Waals surface area contributed by atoms with Crippen LogP contribution in [0.1, 0.15) is 25.0 Å². The minimum absolute atomic E-state index is 0.0101. The molecule has 1 fully saturated rings. The molecule has 1 aromatic heterocycles. The molecule has 2 rings (SSSR count). The van der Waals surface area contributed by atoms with Gasteiger partial charge < -0.3 is 4.90 Å². The van der Waals surface area contributed by atoms with Crippen molar-refractivity contribution < 1.29 is 4.79 Å². The van der Waals surface area contributed by atoms with Crippen LogP contribution in [0.5, 0.6) is 0 Å². The van der Waals surface area contributed by atoms with Gasteiger partial charge in [-0.05, 0) is 26.2 Å². The Labute approximate surface area is 93.3 Å². The number of hydrogen-bond acceptors (Lipinski definition) is 3. The highest BCUT2D eigenvalue weighted by Gasteiger charge is 2.16. The van der Waals surface area contributed by atoms with Gasteiger partial charge in [0.15, 0.2) is 5.13 Å². The fourth-order valence-corrected chi connectivity index (χ4v) is 2.36. The minimum atomic E-state index is -0.0101. The molecule has 5 heteroatoms. The fourth-order valence-electron chi connectivity index (χ4n) is 1.68. The van der Waals surface area contributed by atoms with E-state index in [4.69, 9.17) is 0 Å². The van der Waals surface area contributed by atoms with E-state index in [2.05, 4.69) is 10.3 Å². The van der Waals surface area contributed by atoms with Crippen LogP contribution in [0.3, 0.4) is 0 Å². The molecule has 82 valence electrons. The Hall–Kier alpha value is -1.10. The molecule has 4 nitrogen and oxygen atoms in total. The number of hydrogen-bond donors (Lipinski definition) is 1. The van der Waals surface area contributed by atoms with Crippen molar-refractivity contribution in [3.63, 3.8) is 0 Å². The number of nitrogens with one attached hydrogen (secondary N) is 1. The molecular formula is C10H15N3OS. The van der Waals surface area contributed by atoms with Crippen LogP contribution in [0.2, 0.25) is 0 Å². The minimum Gasteiger partial charge on any atom is -0.324 e. The summed E-state index contributed by atoms with van der Waals surface area (Å²) in [5.41, 5.74) is 0.953. The number of anilines is 1. The molecule has 15 heavy (non-hydrogen) atoms. The first kappa shape index (κ1) is 10.4. The van der Waals surface area contributed by atoms with Gasteiger partial charge >= 0.3 is 6.03 Å². The molecule has 1 aromatic rings. The molecular weight excluding hydrogens is 210 g/mol. The normalized spacial score (nSPS) is 16.5. The number of nitrogens with zero attached hydrogens (tertiary/aromatic N) is 2. The van der Waals surface area contributed by atoms with Gasteiger partial charge in [0.2, 0.25) is 0 Å². The molecule has 0 aliphatic carbocycles. The van der Waals surface area contributed by atoms with Crippen LogP contribution in [-0.4, -0.2) is 29.0 Å². The van der Waals surface area contributed by atoms with E-state index in [1.54, 1.807) is 0 Å². The molecule has 1 saturated heterocycles. The summed E-state index contributed by atoms with van der Waals surface area (Å²) in [6.07, 6.45) is 3.47. The molecule has 2 amide bonds. The van der Waals surface area contributed by atoms with E-state index in [-0.39, 0.29) is 6.03 Å². The highest BCUT2D eigenvalue weighted by Crippen LogP contribution is 2.16. The van der Waals surface area contributed by atoms with Crippen molar-refractivity contribution in [1.82, 2.24) is 9.88 Å². The first-order valence-corrected chi connectivity index (χ1v) is 6.12. The average molecular weight is 225 g/mol. The van der Waals surface area contributed by atoms with E-state index < -0.39 is 0 Å². The van der Waals surface area contributed by atoms with Crippen molar-refractivity contribution in [3.05, 3.63) is 11.1 Å².